The number of hydrogen-bond acceptors (Lipinski definition) is 12. The third-order valence-electron chi connectivity index (χ3n) is 8.90. The van der Waals surface area contributed by atoms with Crippen molar-refractivity contribution in [3.63, 3.8) is 0 Å². The average Bonchev–Trinajstić information content (AvgIpc) is 3.81. The summed E-state index contributed by atoms with van der Waals surface area (Å²) in [4.78, 5) is 53.5. The highest BCUT2D eigenvalue weighted by Gasteiger charge is 2.66. The van der Waals surface area contributed by atoms with Gasteiger partial charge in [-0.3, -0.25) is 19.2 Å². The molecule has 4 unspecified atom stereocenters. The number of unbranched alkanes of at least 4 members (excludes halogenated alkanes) is 4. The van der Waals surface area contributed by atoms with Crippen molar-refractivity contribution >= 4 is 23.9 Å². The Morgan fingerprint density at radius 3 is 0.773 bits per heavy atom. The Bertz CT molecular complexity index is 795. The Kier molecular flexibility index (Phi) is 12.7. The Balaban J connectivity index is 1.18. The van der Waals surface area contributed by atoms with E-state index in [0.717, 1.165) is 77.8 Å². The van der Waals surface area contributed by atoms with Gasteiger partial charge in [0.1, 0.15) is 0 Å². The van der Waals surface area contributed by atoms with Crippen molar-refractivity contribution in [3.8, 4) is 0 Å². The number of hydrogen-bond donors (Lipinski definition) is 0. The lowest BCUT2D eigenvalue weighted by atomic mass is 9.56. The van der Waals surface area contributed by atoms with E-state index in [0.29, 0.717) is 25.7 Å². The van der Waals surface area contributed by atoms with Crippen LogP contribution in [0.4, 0.5) is 0 Å². The maximum absolute atomic E-state index is 13.4. The van der Waals surface area contributed by atoms with E-state index in [1.165, 1.54) is 0 Å². The zero-order valence-electron chi connectivity index (χ0n) is 25.7. The number of ether oxygens (including phenoxy) is 8. The molecule has 4 aliphatic heterocycles. The molecule has 5 fully saturated rings. The normalized spacial score (nSPS) is 30.9. The van der Waals surface area contributed by atoms with Crippen LogP contribution in [0.3, 0.4) is 0 Å². The minimum atomic E-state index is -1.17. The summed E-state index contributed by atoms with van der Waals surface area (Å²) in [5, 5.41) is 0. The van der Waals surface area contributed by atoms with Crippen molar-refractivity contribution in [3.05, 3.63) is 0 Å². The van der Waals surface area contributed by atoms with Crippen molar-refractivity contribution < 1.29 is 57.1 Å². The van der Waals surface area contributed by atoms with Crippen LogP contribution >= 0.6 is 0 Å². The van der Waals surface area contributed by atoms with E-state index >= 15 is 0 Å². The molecular formula is C32H48O12. The third-order valence-corrected chi connectivity index (χ3v) is 8.90. The minimum Gasteiger partial charge on any atom is -0.465 e. The first kappa shape index (κ1) is 33.1. The van der Waals surface area contributed by atoms with Crippen LogP contribution in [0.15, 0.2) is 0 Å². The zero-order valence-corrected chi connectivity index (χ0v) is 25.7. The summed E-state index contributed by atoms with van der Waals surface area (Å²) in [6.45, 7) is 3.68. The van der Waals surface area contributed by atoms with Gasteiger partial charge in [-0.1, -0.05) is 0 Å². The first-order valence-corrected chi connectivity index (χ1v) is 16.6. The van der Waals surface area contributed by atoms with Crippen LogP contribution in [0.5, 0.6) is 0 Å². The van der Waals surface area contributed by atoms with Gasteiger partial charge >= 0.3 is 23.9 Å². The molecule has 1 saturated carbocycles. The molecule has 0 spiro atoms. The SMILES string of the molecule is O=C(OCCCCC1CO1)C1C(C(=O)OCCCCC2CO2)C(C(=O)OCCCCC2CO2)C1C(=O)OCCCCC1CO1. The molecule has 248 valence electrons. The van der Waals surface area contributed by atoms with E-state index in [4.69, 9.17) is 37.9 Å². The molecule has 0 N–H and O–H groups in total. The van der Waals surface area contributed by atoms with E-state index in [1.807, 2.05) is 0 Å². The number of esters is 4. The number of carbonyl (C=O) groups excluding carboxylic acids is 4. The van der Waals surface area contributed by atoms with E-state index in [-0.39, 0.29) is 50.8 Å². The predicted molar refractivity (Wildman–Crippen MR) is 152 cm³/mol. The van der Waals surface area contributed by atoms with Gasteiger partial charge in [0.05, 0.1) is 101 Å². The van der Waals surface area contributed by atoms with Gasteiger partial charge in [0.2, 0.25) is 0 Å². The third kappa shape index (κ3) is 11.0. The van der Waals surface area contributed by atoms with E-state index < -0.39 is 47.5 Å². The molecule has 4 saturated heterocycles. The lowest BCUT2D eigenvalue weighted by Gasteiger charge is -2.45. The molecule has 5 aliphatic rings. The van der Waals surface area contributed by atoms with Crippen molar-refractivity contribution in [2.24, 2.45) is 23.7 Å². The first-order valence-electron chi connectivity index (χ1n) is 16.6. The molecule has 44 heavy (non-hydrogen) atoms. The molecule has 4 heterocycles. The molecule has 1 aliphatic carbocycles. The van der Waals surface area contributed by atoms with E-state index in [2.05, 4.69) is 0 Å². The molecule has 12 heteroatoms. The monoisotopic (exact) mass is 624 g/mol. The lowest BCUT2D eigenvalue weighted by Crippen LogP contribution is -2.61. The van der Waals surface area contributed by atoms with Crippen molar-refractivity contribution in [2.75, 3.05) is 52.9 Å². The summed E-state index contributed by atoms with van der Waals surface area (Å²) >= 11 is 0. The van der Waals surface area contributed by atoms with Gasteiger partial charge in [-0.2, -0.15) is 0 Å². The topological polar surface area (TPSA) is 155 Å². The number of rotatable bonds is 24. The van der Waals surface area contributed by atoms with Gasteiger partial charge in [-0.25, -0.2) is 0 Å². The minimum absolute atomic E-state index is 0.151. The first-order chi connectivity index (χ1) is 21.5. The van der Waals surface area contributed by atoms with Crippen LogP contribution in [0.2, 0.25) is 0 Å². The summed E-state index contributed by atoms with van der Waals surface area (Å²) in [5.74, 6) is -7.47. The Hall–Kier alpha value is -2.28. The van der Waals surface area contributed by atoms with Crippen LogP contribution in [-0.4, -0.2) is 101 Å². The Morgan fingerprint density at radius 2 is 0.591 bits per heavy atom. The van der Waals surface area contributed by atoms with Crippen molar-refractivity contribution in [1.82, 2.24) is 0 Å². The molecular weight excluding hydrogens is 576 g/mol. The van der Waals surface area contributed by atoms with Gasteiger partial charge in [-0.05, 0) is 77.0 Å². The largest absolute Gasteiger partial charge is 0.465 e. The highest BCUT2D eigenvalue weighted by Crippen LogP contribution is 2.49. The van der Waals surface area contributed by atoms with Crippen LogP contribution in [0.25, 0.3) is 0 Å². The van der Waals surface area contributed by atoms with Crippen LogP contribution in [-0.2, 0) is 57.1 Å². The van der Waals surface area contributed by atoms with Gasteiger partial charge < -0.3 is 37.9 Å². The van der Waals surface area contributed by atoms with Crippen molar-refractivity contribution in [2.45, 2.75) is 101 Å². The lowest BCUT2D eigenvalue weighted by molar-refractivity contribution is -0.200. The summed E-state index contributed by atoms with van der Waals surface area (Å²) < 4.78 is 43.1. The standard InChI is InChI=1S/C32H48O12/c33-29(37-13-5-1-9-21-17-41-21)25-26(30(34)38-14-6-2-10-22-18-42-22)28(32(36)40-16-8-4-12-24-20-44-24)27(25)31(35)39-15-7-3-11-23-19-43-23/h21-28H,1-20H2. The quantitative estimate of drug-likeness (QED) is 0.0671. The maximum atomic E-state index is 13.4. The molecule has 5 rings (SSSR count). The fourth-order valence-electron chi connectivity index (χ4n) is 5.83. The predicted octanol–water partition coefficient (Wildman–Crippen LogP) is 2.91. The second-order valence-electron chi connectivity index (χ2n) is 12.6. The summed E-state index contributed by atoms with van der Waals surface area (Å²) in [6.07, 6.45) is 10.6. The maximum Gasteiger partial charge on any atom is 0.310 e. The van der Waals surface area contributed by atoms with Crippen LogP contribution < -0.4 is 0 Å². The fraction of sp³-hybridized carbons (Fsp3) is 0.875. The smallest absolute Gasteiger partial charge is 0.310 e. The number of epoxide rings is 4. The van der Waals surface area contributed by atoms with Gasteiger partial charge in [0, 0.05) is 0 Å². The molecule has 4 atom stereocenters. The fourth-order valence-corrected chi connectivity index (χ4v) is 5.83. The molecule has 12 nitrogen and oxygen atoms in total. The average molecular weight is 625 g/mol. The zero-order chi connectivity index (χ0) is 30.7. The molecule has 0 radical (unpaired) electrons. The molecule has 0 bridgehead atoms. The second-order valence-corrected chi connectivity index (χ2v) is 12.6. The molecule has 0 aromatic carbocycles. The molecule has 0 aromatic heterocycles. The Labute approximate surface area is 259 Å². The van der Waals surface area contributed by atoms with Crippen LogP contribution in [0, 0.1) is 23.7 Å². The highest BCUT2D eigenvalue weighted by molar-refractivity contribution is 5.97. The van der Waals surface area contributed by atoms with Gasteiger partial charge in [0.25, 0.3) is 0 Å². The van der Waals surface area contributed by atoms with Crippen molar-refractivity contribution in [1.29, 1.82) is 0 Å². The number of carbonyl (C=O) groups is 4. The summed E-state index contributed by atoms with van der Waals surface area (Å²) in [7, 11) is 0. The highest BCUT2D eigenvalue weighted by atomic mass is 16.6. The van der Waals surface area contributed by atoms with Gasteiger partial charge in [-0.15, -0.1) is 0 Å². The second kappa shape index (κ2) is 16.9. The molecule has 0 amide bonds. The van der Waals surface area contributed by atoms with E-state index in [1.54, 1.807) is 0 Å². The molecule has 0 aromatic rings. The van der Waals surface area contributed by atoms with Gasteiger partial charge in [0.15, 0.2) is 0 Å². The van der Waals surface area contributed by atoms with E-state index in [9.17, 15) is 19.2 Å². The summed E-state index contributed by atoms with van der Waals surface area (Å²) in [6, 6.07) is 0. The summed E-state index contributed by atoms with van der Waals surface area (Å²) in [5.41, 5.74) is 0. The Morgan fingerprint density at radius 1 is 0.386 bits per heavy atom. The van der Waals surface area contributed by atoms with Crippen LogP contribution in [0.1, 0.15) is 77.0 Å².